The summed E-state index contributed by atoms with van der Waals surface area (Å²) in [6.45, 7) is 0.413. The monoisotopic (exact) mass is 250 g/mol. The zero-order chi connectivity index (χ0) is 12.1. The van der Waals surface area contributed by atoms with Gasteiger partial charge in [0.15, 0.2) is 11.6 Å². The van der Waals surface area contributed by atoms with Crippen LogP contribution in [0.15, 0.2) is 36.5 Å². The van der Waals surface area contributed by atoms with Crippen LogP contribution in [0.3, 0.4) is 0 Å². The lowest BCUT2D eigenvalue weighted by Crippen LogP contribution is -2.10. The van der Waals surface area contributed by atoms with Crippen molar-refractivity contribution < 1.29 is 4.74 Å². The molecule has 1 aromatic carbocycles. The molecule has 0 unspecified atom stereocenters. The minimum absolute atomic E-state index is 0.289. The van der Waals surface area contributed by atoms with Crippen molar-refractivity contribution in [3.8, 4) is 5.75 Å². The molecule has 0 radical (unpaired) electrons. The zero-order valence-electron chi connectivity index (χ0n) is 8.93. The topological polar surface area (TPSA) is 73.1 Å². The Morgan fingerprint density at radius 3 is 2.76 bits per heavy atom. The summed E-state index contributed by atoms with van der Waals surface area (Å²) in [5, 5.41) is 7.76. The van der Waals surface area contributed by atoms with Crippen LogP contribution in [0.5, 0.6) is 5.75 Å². The number of ether oxygens (including phenoxy) is 1. The van der Waals surface area contributed by atoms with E-state index in [9.17, 15) is 0 Å². The number of hydrogen-bond donors (Lipinski definition) is 2. The third-order valence-electron chi connectivity index (χ3n) is 2.13. The van der Waals surface area contributed by atoms with Gasteiger partial charge >= 0.3 is 0 Å². The third kappa shape index (κ3) is 2.83. The predicted octanol–water partition coefficient (Wildman–Crippen LogP) is 1.99. The Balaban J connectivity index is 2.09. The molecule has 0 aliphatic carbocycles. The van der Waals surface area contributed by atoms with Crippen molar-refractivity contribution in [1.82, 2.24) is 10.2 Å². The highest BCUT2D eigenvalue weighted by Crippen LogP contribution is 2.28. The molecule has 5 nitrogen and oxygen atoms in total. The maximum atomic E-state index is 6.01. The molecule has 0 saturated heterocycles. The molecule has 0 fully saturated rings. The summed E-state index contributed by atoms with van der Waals surface area (Å²) in [6.07, 6.45) is 1.45. The Morgan fingerprint density at radius 1 is 1.29 bits per heavy atom. The largest absolute Gasteiger partial charge is 0.485 e. The highest BCUT2D eigenvalue weighted by atomic mass is 35.5. The average molecular weight is 251 g/mol. The van der Waals surface area contributed by atoms with Gasteiger partial charge in [0.25, 0.3) is 0 Å². The second-order valence-electron chi connectivity index (χ2n) is 3.29. The first kappa shape index (κ1) is 11.6. The van der Waals surface area contributed by atoms with Gasteiger partial charge in [-0.15, -0.1) is 5.10 Å². The van der Waals surface area contributed by atoms with Gasteiger partial charge in [0.05, 0.1) is 6.20 Å². The van der Waals surface area contributed by atoms with E-state index in [0.29, 0.717) is 17.4 Å². The van der Waals surface area contributed by atoms with Crippen molar-refractivity contribution in [2.45, 2.75) is 6.61 Å². The van der Waals surface area contributed by atoms with Gasteiger partial charge in [-0.3, -0.25) is 0 Å². The summed E-state index contributed by atoms with van der Waals surface area (Å²) in [5.41, 5.74) is 3.39. The Hall–Kier alpha value is -1.85. The maximum absolute atomic E-state index is 6.01. The predicted molar refractivity (Wildman–Crippen MR) is 65.6 cm³/mol. The van der Waals surface area contributed by atoms with Crippen molar-refractivity contribution in [2.75, 3.05) is 5.43 Å². The van der Waals surface area contributed by atoms with E-state index in [1.165, 1.54) is 6.20 Å². The highest BCUT2D eigenvalue weighted by Gasteiger charge is 2.08. The number of nitrogen functional groups attached to an aromatic ring is 1. The second-order valence-corrected chi connectivity index (χ2v) is 3.67. The van der Waals surface area contributed by atoms with Crippen LogP contribution in [0, 0.1) is 0 Å². The number of hydrogen-bond acceptors (Lipinski definition) is 5. The van der Waals surface area contributed by atoms with Crippen molar-refractivity contribution in [3.05, 3.63) is 47.1 Å². The van der Waals surface area contributed by atoms with E-state index in [1.807, 2.05) is 30.3 Å². The van der Waals surface area contributed by atoms with Gasteiger partial charge in [-0.1, -0.05) is 41.9 Å². The van der Waals surface area contributed by atoms with Crippen LogP contribution in [0.25, 0.3) is 0 Å². The summed E-state index contributed by atoms with van der Waals surface area (Å²) >= 11 is 6.01. The van der Waals surface area contributed by atoms with Crippen LogP contribution in [0.4, 0.5) is 5.82 Å². The number of benzene rings is 1. The Kier molecular flexibility index (Phi) is 3.74. The number of aromatic nitrogens is 2. The van der Waals surface area contributed by atoms with E-state index < -0.39 is 0 Å². The summed E-state index contributed by atoms with van der Waals surface area (Å²) in [5.74, 6) is 5.97. The quantitative estimate of drug-likeness (QED) is 0.641. The van der Waals surface area contributed by atoms with E-state index in [1.54, 1.807) is 0 Å². The number of nitrogens with one attached hydrogen (secondary N) is 1. The molecule has 0 atom stereocenters. The van der Waals surface area contributed by atoms with Gasteiger partial charge in [0.2, 0.25) is 0 Å². The van der Waals surface area contributed by atoms with E-state index in [0.717, 1.165) is 5.56 Å². The molecule has 6 heteroatoms. The molecule has 1 aromatic heterocycles. The van der Waals surface area contributed by atoms with Crippen LogP contribution >= 0.6 is 11.6 Å². The van der Waals surface area contributed by atoms with Crippen LogP contribution in [-0.2, 0) is 6.61 Å². The number of hydrazine groups is 1. The minimum Gasteiger partial charge on any atom is -0.485 e. The molecular formula is C11H11ClN4O. The first-order valence-electron chi connectivity index (χ1n) is 4.96. The lowest BCUT2D eigenvalue weighted by molar-refractivity contribution is 0.304. The molecule has 1 heterocycles. The molecule has 17 heavy (non-hydrogen) atoms. The molecule has 2 aromatic rings. The third-order valence-corrected chi connectivity index (χ3v) is 2.50. The van der Waals surface area contributed by atoms with Gasteiger partial charge in [0, 0.05) is 0 Å². The van der Waals surface area contributed by atoms with Crippen molar-refractivity contribution in [3.63, 3.8) is 0 Å². The second kappa shape index (κ2) is 5.47. The van der Waals surface area contributed by atoms with Crippen molar-refractivity contribution >= 4 is 17.4 Å². The molecule has 0 aliphatic rings. The molecule has 2 rings (SSSR count). The fourth-order valence-corrected chi connectivity index (χ4v) is 1.48. The van der Waals surface area contributed by atoms with Crippen LogP contribution in [0.2, 0.25) is 5.02 Å². The molecule has 0 amide bonds. The van der Waals surface area contributed by atoms with Crippen LogP contribution < -0.4 is 16.0 Å². The van der Waals surface area contributed by atoms with Gasteiger partial charge in [-0.2, -0.15) is 5.10 Å². The Bertz CT molecular complexity index is 492. The van der Waals surface area contributed by atoms with Crippen LogP contribution in [0.1, 0.15) is 5.56 Å². The number of nitrogens with two attached hydrogens (primary N) is 1. The summed E-state index contributed by atoms with van der Waals surface area (Å²) in [4.78, 5) is 0. The van der Waals surface area contributed by atoms with Crippen LogP contribution in [-0.4, -0.2) is 10.2 Å². The maximum Gasteiger partial charge on any atom is 0.185 e. The summed E-state index contributed by atoms with van der Waals surface area (Å²) < 4.78 is 5.54. The smallest absolute Gasteiger partial charge is 0.185 e. The van der Waals surface area contributed by atoms with Gasteiger partial charge in [-0.05, 0) is 5.56 Å². The average Bonchev–Trinajstić information content (AvgIpc) is 2.39. The van der Waals surface area contributed by atoms with E-state index in [4.69, 9.17) is 22.2 Å². The minimum atomic E-state index is 0.289. The molecule has 3 N–H and O–H groups in total. The summed E-state index contributed by atoms with van der Waals surface area (Å²) in [6, 6.07) is 9.76. The highest BCUT2D eigenvalue weighted by molar-refractivity contribution is 6.34. The first-order chi connectivity index (χ1) is 8.31. The normalized spacial score (nSPS) is 10.0. The molecule has 0 saturated carbocycles. The lowest BCUT2D eigenvalue weighted by atomic mass is 10.2. The van der Waals surface area contributed by atoms with Gasteiger partial charge in [0.1, 0.15) is 11.6 Å². The number of halogens is 1. The molecule has 88 valence electrons. The number of anilines is 1. The number of rotatable bonds is 4. The molecule has 0 aliphatic heterocycles. The van der Waals surface area contributed by atoms with Crippen molar-refractivity contribution in [1.29, 1.82) is 0 Å². The Morgan fingerprint density at radius 2 is 2.06 bits per heavy atom. The van der Waals surface area contributed by atoms with E-state index in [2.05, 4.69) is 15.6 Å². The van der Waals surface area contributed by atoms with Crippen molar-refractivity contribution in [2.24, 2.45) is 5.84 Å². The standard InChI is InChI=1S/C11H11ClN4O/c12-10-9(6-14-16-11(10)15-13)17-7-8-4-2-1-3-5-8/h1-6H,7,13H2,(H,15,16). The first-order valence-corrected chi connectivity index (χ1v) is 5.33. The molecule has 0 spiro atoms. The fraction of sp³-hybridized carbons (Fsp3) is 0.0909. The molecular weight excluding hydrogens is 240 g/mol. The summed E-state index contributed by atoms with van der Waals surface area (Å²) in [7, 11) is 0. The molecule has 0 bridgehead atoms. The Labute approximate surface area is 104 Å². The van der Waals surface area contributed by atoms with Gasteiger partial charge < -0.3 is 10.2 Å². The van der Waals surface area contributed by atoms with E-state index >= 15 is 0 Å². The lowest BCUT2D eigenvalue weighted by Gasteiger charge is -2.09. The van der Waals surface area contributed by atoms with E-state index in [-0.39, 0.29) is 5.82 Å². The zero-order valence-corrected chi connectivity index (χ0v) is 9.69. The number of nitrogens with zero attached hydrogens (tertiary/aromatic N) is 2. The fourth-order valence-electron chi connectivity index (χ4n) is 1.28. The van der Waals surface area contributed by atoms with Gasteiger partial charge in [-0.25, -0.2) is 5.84 Å². The SMILES string of the molecule is NNc1nncc(OCc2ccccc2)c1Cl.